The number of hydrogen-bond donors (Lipinski definition) is 0. The van der Waals surface area contributed by atoms with Crippen molar-refractivity contribution in [2.24, 2.45) is 0 Å². The van der Waals surface area contributed by atoms with E-state index >= 15 is 0 Å². The van der Waals surface area contributed by atoms with Crippen LogP contribution in [0.5, 0.6) is 0 Å². The van der Waals surface area contributed by atoms with Crippen LogP contribution in [0.4, 0.5) is 11.6 Å². The molecule has 7 nitrogen and oxygen atoms in total. The van der Waals surface area contributed by atoms with Crippen LogP contribution in [0.15, 0.2) is 24.7 Å². The summed E-state index contributed by atoms with van der Waals surface area (Å²) in [6, 6.07) is 3.97. The Labute approximate surface area is 153 Å². The summed E-state index contributed by atoms with van der Waals surface area (Å²) in [6.07, 6.45) is 4.32. The number of nitrogens with zero attached hydrogens (tertiary/aromatic N) is 7. The molecule has 0 bridgehead atoms. The lowest BCUT2D eigenvalue weighted by Gasteiger charge is -2.37. The smallest absolute Gasteiger partial charge is 0.164 e. The molecule has 0 aromatic carbocycles. The van der Waals surface area contributed by atoms with Crippen LogP contribution < -0.4 is 9.80 Å². The van der Waals surface area contributed by atoms with Gasteiger partial charge < -0.3 is 9.80 Å². The van der Waals surface area contributed by atoms with E-state index in [9.17, 15) is 0 Å². The maximum Gasteiger partial charge on any atom is 0.164 e. The van der Waals surface area contributed by atoms with Gasteiger partial charge in [0.05, 0.1) is 5.39 Å². The van der Waals surface area contributed by atoms with Gasteiger partial charge in [0.1, 0.15) is 23.8 Å². The molecule has 1 aliphatic rings. The number of piperazine rings is 1. The van der Waals surface area contributed by atoms with Crippen molar-refractivity contribution in [1.82, 2.24) is 24.9 Å². The quantitative estimate of drug-likeness (QED) is 0.718. The third-order valence-corrected chi connectivity index (χ3v) is 4.92. The average Bonchev–Trinajstić information content (AvgIpc) is 2.67. The van der Waals surface area contributed by atoms with Crippen molar-refractivity contribution >= 4 is 22.7 Å². The minimum Gasteiger partial charge on any atom is -0.353 e. The van der Waals surface area contributed by atoms with Crippen LogP contribution in [-0.2, 0) is 6.42 Å². The van der Waals surface area contributed by atoms with E-state index in [4.69, 9.17) is 4.98 Å². The molecule has 0 spiro atoms. The Balaban J connectivity index is 1.58. The highest BCUT2D eigenvalue weighted by molar-refractivity contribution is 5.86. The minimum absolute atomic E-state index is 0.746. The summed E-state index contributed by atoms with van der Waals surface area (Å²) in [7, 11) is 0. The second-order valence-electron chi connectivity index (χ2n) is 6.56. The first kappa shape index (κ1) is 16.6. The van der Waals surface area contributed by atoms with Gasteiger partial charge in [-0.25, -0.2) is 24.9 Å². The van der Waals surface area contributed by atoms with Crippen molar-refractivity contribution in [1.29, 1.82) is 0 Å². The molecular weight excluding hydrogens is 326 g/mol. The number of rotatable bonds is 3. The molecule has 1 saturated heterocycles. The van der Waals surface area contributed by atoms with Gasteiger partial charge in [-0.2, -0.15) is 0 Å². The molecule has 0 N–H and O–H groups in total. The predicted octanol–water partition coefficient (Wildman–Crippen LogP) is 2.32. The average molecular weight is 349 g/mol. The Kier molecular flexibility index (Phi) is 4.36. The molecule has 26 heavy (non-hydrogen) atoms. The lowest BCUT2D eigenvalue weighted by atomic mass is 10.1. The SMILES string of the molecule is CCc1c(C)nc(C)nc1N1CCN(c2ncnc3ncccc23)CC1. The summed E-state index contributed by atoms with van der Waals surface area (Å²) >= 11 is 0. The molecule has 1 fully saturated rings. The Morgan fingerprint density at radius 2 is 1.65 bits per heavy atom. The molecule has 3 aromatic heterocycles. The maximum absolute atomic E-state index is 4.74. The number of anilines is 2. The molecule has 4 heterocycles. The van der Waals surface area contributed by atoms with Crippen molar-refractivity contribution in [3.05, 3.63) is 41.7 Å². The Morgan fingerprint density at radius 3 is 2.38 bits per heavy atom. The molecule has 0 amide bonds. The first-order valence-electron chi connectivity index (χ1n) is 9.07. The summed E-state index contributed by atoms with van der Waals surface area (Å²) in [5, 5.41) is 1.01. The Bertz CT molecular complexity index is 927. The molecular formula is C19H23N7. The van der Waals surface area contributed by atoms with Crippen LogP contribution in [0.2, 0.25) is 0 Å². The molecule has 4 rings (SSSR count). The lowest BCUT2D eigenvalue weighted by molar-refractivity contribution is 0.637. The number of aromatic nitrogens is 5. The third-order valence-electron chi connectivity index (χ3n) is 4.92. The summed E-state index contributed by atoms with van der Waals surface area (Å²) in [5.41, 5.74) is 3.08. The van der Waals surface area contributed by atoms with Gasteiger partial charge in [0.2, 0.25) is 0 Å². The number of pyridine rings is 1. The van der Waals surface area contributed by atoms with Gasteiger partial charge in [0.25, 0.3) is 0 Å². The molecule has 0 radical (unpaired) electrons. The third kappa shape index (κ3) is 2.94. The van der Waals surface area contributed by atoms with Crippen LogP contribution in [0, 0.1) is 13.8 Å². The zero-order valence-electron chi connectivity index (χ0n) is 15.5. The van der Waals surface area contributed by atoms with E-state index in [1.165, 1.54) is 5.56 Å². The lowest BCUT2D eigenvalue weighted by Crippen LogP contribution is -2.47. The molecule has 3 aromatic rings. The van der Waals surface area contributed by atoms with E-state index in [1.807, 2.05) is 19.1 Å². The molecule has 0 atom stereocenters. The maximum atomic E-state index is 4.74. The fraction of sp³-hybridized carbons (Fsp3) is 0.421. The highest BCUT2D eigenvalue weighted by atomic mass is 15.3. The second kappa shape index (κ2) is 6.82. The highest BCUT2D eigenvalue weighted by Crippen LogP contribution is 2.26. The standard InChI is InChI=1S/C19H23N7/c1-4-15-13(2)23-14(3)24-19(15)26-10-8-25(9-11-26)18-16-6-5-7-20-17(16)21-12-22-18/h5-7,12H,4,8-11H2,1-3H3. The van der Waals surface area contributed by atoms with Gasteiger partial charge in [0.15, 0.2) is 5.65 Å². The molecule has 134 valence electrons. The number of aryl methyl sites for hydroxylation is 2. The highest BCUT2D eigenvalue weighted by Gasteiger charge is 2.23. The van der Waals surface area contributed by atoms with Gasteiger partial charge in [-0.1, -0.05) is 6.92 Å². The van der Waals surface area contributed by atoms with E-state index in [0.29, 0.717) is 0 Å². The van der Waals surface area contributed by atoms with E-state index in [-0.39, 0.29) is 0 Å². The zero-order valence-corrected chi connectivity index (χ0v) is 15.5. The monoisotopic (exact) mass is 349 g/mol. The summed E-state index contributed by atoms with van der Waals surface area (Å²) < 4.78 is 0. The van der Waals surface area contributed by atoms with Crippen LogP contribution in [-0.4, -0.2) is 51.1 Å². The van der Waals surface area contributed by atoms with Gasteiger partial charge >= 0.3 is 0 Å². The van der Waals surface area contributed by atoms with Crippen molar-refractivity contribution in [3.8, 4) is 0 Å². The van der Waals surface area contributed by atoms with Crippen molar-refractivity contribution < 1.29 is 0 Å². The van der Waals surface area contributed by atoms with Crippen LogP contribution in [0.3, 0.4) is 0 Å². The molecule has 7 heteroatoms. The normalized spacial score (nSPS) is 14.9. The van der Waals surface area contributed by atoms with Crippen molar-refractivity contribution in [2.45, 2.75) is 27.2 Å². The summed E-state index contributed by atoms with van der Waals surface area (Å²) in [4.78, 5) is 27.1. The van der Waals surface area contributed by atoms with E-state index in [0.717, 1.165) is 66.8 Å². The number of fused-ring (bicyclic) bond motifs is 1. The summed E-state index contributed by atoms with van der Waals surface area (Å²) in [5.74, 6) is 2.89. The van der Waals surface area contributed by atoms with Crippen LogP contribution in [0.25, 0.3) is 11.0 Å². The number of hydrogen-bond acceptors (Lipinski definition) is 7. The van der Waals surface area contributed by atoms with Gasteiger partial charge in [0, 0.05) is 43.6 Å². The molecule has 0 unspecified atom stereocenters. The van der Waals surface area contributed by atoms with E-state index in [1.54, 1.807) is 12.5 Å². The topological polar surface area (TPSA) is 70.9 Å². The second-order valence-corrected chi connectivity index (χ2v) is 6.56. The Morgan fingerprint density at radius 1 is 0.923 bits per heavy atom. The van der Waals surface area contributed by atoms with Crippen molar-refractivity contribution in [2.75, 3.05) is 36.0 Å². The van der Waals surface area contributed by atoms with Gasteiger partial charge in [-0.05, 0) is 32.4 Å². The molecule has 0 saturated carbocycles. The molecule has 1 aliphatic heterocycles. The van der Waals surface area contributed by atoms with Gasteiger partial charge in [-0.3, -0.25) is 0 Å². The van der Waals surface area contributed by atoms with Crippen molar-refractivity contribution in [3.63, 3.8) is 0 Å². The van der Waals surface area contributed by atoms with E-state index in [2.05, 4.69) is 43.6 Å². The fourth-order valence-corrected chi connectivity index (χ4v) is 3.66. The predicted molar refractivity (Wildman–Crippen MR) is 103 cm³/mol. The van der Waals surface area contributed by atoms with Gasteiger partial charge in [-0.15, -0.1) is 0 Å². The van der Waals surface area contributed by atoms with Crippen LogP contribution >= 0.6 is 0 Å². The molecule has 0 aliphatic carbocycles. The zero-order chi connectivity index (χ0) is 18.1. The summed E-state index contributed by atoms with van der Waals surface area (Å²) in [6.45, 7) is 9.82. The van der Waals surface area contributed by atoms with Crippen LogP contribution in [0.1, 0.15) is 24.0 Å². The first-order valence-corrected chi connectivity index (χ1v) is 9.07. The largest absolute Gasteiger partial charge is 0.353 e. The Hall–Kier alpha value is -2.83. The first-order chi connectivity index (χ1) is 12.7. The fourth-order valence-electron chi connectivity index (χ4n) is 3.66. The minimum atomic E-state index is 0.746. The van der Waals surface area contributed by atoms with E-state index < -0.39 is 0 Å².